The molecule has 1 atom stereocenters. The van der Waals surface area contributed by atoms with E-state index < -0.39 is 11.2 Å². The molecule has 1 unspecified atom stereocenters. The second-order valence-corrected chi connectivity index (χ2v) is 3.40. The average Bonchev–Trinajstić information content (AvgIpc) is 2.17. The lowest BCUT2D eigenvalue weighted by Gasteiger charge is -1.99. The molecule has 0 heterocycles. The number of hydrogen-bond donors (Lipinski definition) is 0. The summed E-state index contributed by atoms with van der Waals surface area (Å²) < 4.78 is 10.4. The van der Waals surface area contributed by atoms with Gasteiger partial charge < -0.3 is 4.55 Å². The van der Waals surface area contributed by atoms with Gasteiger partial charge in [0.2, 0.25) is 0 Å². The molecule has 1 rings (SSSR count). The Kier molecular flexibility index (Phi) is 1.60. The first-order valence-electron chi connectivity index (χ1n) is 2.42. The van der Waals surface area contributed by atoms with Crippen LogP contribution in [0.3, 0.4) is 0 Å². The van der Waals surface area contributed by atoms with Crippen molar-refractivity contribution in [3.05, 3.63) is 5.92 Å². The lowest BCUT2D eigenvalue weighted by Crippen LogP contribution is -2.02. The maximum atomic E-state index is 10.4. The highest BCUT2D eigenvalue weighted by Crippen LogP contribution is 2.32. The van der Waals surface area contributed by atoms with Gasteiger partial charge >= 0.3 is 0 Å². The highest BCUT2D eigenvalue weighted by molar-refractivity contribution is 7.90. The first kappa shape index (κ1) is 5.45. The summed E-state index contributed by atoms with van der Waals surface area (Å²) >= 11 is -0.570. The van der Waals surface area contributed by atoms with E-state index in [1.54, 1.807) is 6.26 Å². The molecule has 0 amide bonds. The zero-order valence-corrected chi connectivity index (χ0v) is 5.25. The van der Waals surface area contributed by atoms with Crippen molar-refractivity contribution >= 4 is 11.2 Å². The fraction of sp³-hybridized carbons (Fsp3) is 0.800. The molecule has 0 saturated heterocycles. The molecular weight excluding hydrogens is 108 g/mol. The standard InChI is InChI=1S/C5H9OS/c1-7(6)4-5-2-3-5/h2-4H2,1H3. The van der Waals surface area contributed by atoms with Crippen LogP contribution in [0.1, 0.15) is 12.8 Å². The van der Waals surface area contributed by atoms with E-state index in [9.17, 15) is 4.55 Å². The zero-order chi connectivity index (χ0) is 5.28. The highest BCUT2D eigenvalue weighted by atomic mass is 32.2. The van der Waals surface area contributed by atoms with Gasteiger partial charge in [0.15, 0.2) is 0 Å². The molecule has 0 spiro atoms. The second kappa shape index (κ2) is 2.05. The summed E-state index contributed by atoms with van der Waals surface area (Å²) in [6, 6.07) is 0. The van der Waals surface area contributed by atoms with Gasteiger partial charge in [-0.05, 0) is 12.8 Å². The number of rotatable bonds is 2. The summed E-state index contributed by atoms with van der Waals surface area (Å²) in [6.45, 7) is 0. The quantitative estimate of drug-likeness (QED) is 0.489. The summed E-state index contributed by atoms with van der Waals surface area (Å²) in [4.78, 5) is 0. The van der Waals surface area contributed by atoms with Crippen molar-refractivity contribution in [1.29, 1.82) is 0 Å². The fourth-order valence-electron chi connectivity index (χ4n) is 0.520. The average molecular weight is 117 g/mol. The van der Waals surface area contributed by atoms with Crippen LogP contribution in [0, 0.1) is 5.92 Å². The molecule has 1 saturated carbocycles. The first-order chi connectivity index (χ1) is 3.29. The Hall–Kier alpha value is 0.310. The van der Waals surface area contributed by atoms with E-state index in [0.717, 1.165) is 5.75 Å². The van der Waals surface area contributed by atoms with Crippen LogP contribution in [0.5, 0.6) is 0 Å². The van der Waals surface area contributed by atoms with Crippen molar-refractivity contribution in [3.8, 4) is 0 Å². The third kappa shape index (κ3) is 2.19. The third-order valence-electron chi connectivity index (χ3n) is 1.01. The van der Waals surface area contributed by atoms with Crippen molar-refractivity contribution in [2.24, 2.45) is 0 Å². The van der Waals surface area contributed by atoms with Crippen LogP contribution in [0.2, 0.25) is 0 Å². The summed E-state index contributed by atoms with van der Waals surface area (Å²) in [7, 11) is 0. The van der Waals surface area contributed by atoms with Crippen LogP contribution in [0.15, 0.2) is 0 Å². The number of hydrogen-bond acceptors (Lipinski definition) is 1. The van der Waals surface area contributed by atoms with Crippen molar-refractivity contribution in [3.63, 3.8) is 0 Å². The van der Waals surface area contributed by atoms with Gasteiger partial charge in [0, 0.05) is 5.92 Å². The van der Waals surface area contributed by atoms with E-state index >= 15 is 0 Å². The molecule has 1 aliphatic rings. The van der Waals surface area contributed by atoms with Gasteiger partial charge in [-0.1, -0.05) is 11.2 Å². The normalized spacial score (nSPS) is 24.9. The third-order valence-corrected chi connectivity index (χ3v) is 1.83. The lowest BCUT2D eigenvalue weighted by molar-refractivity contribution is 0.602. The van der Waals surface area contributed by atoms with Gasteiger partial charge in [0.25, 0.3) is 0 Å². The van der Waals surface area contributed by atoms with E-state index in [1.165, 1.54) is 18.8 Å². The van der Waals surface area contributed by atoms with Crippen molar-refractivity contribution in [1.82, 2.24) is 0 Å². The largest absolute Gasteiger partial charge is 0.617 e. The molecule has 0 N–H and O–H groups in total. The topological polar surface area (TPSA) is 23.1 Å². The highest BCUT2D eigenvalue weighted by Gasteiger charge is 2.25. The van der Waals surface area contributed by atoms with E-state index in [4.69, 9.17) is 0 Å². The molecular formula is C5H9OS. The van der Waals surface area contributed by atoms with E-state index in [-0.39, 0.29) is 0 Å². The van der Waals surface area contributed by atoms with E-state index in [2.05, 4.69) is 0 Å². The predicted octanol–water partition coefficient (Wildman–Crippen LogP) is 0.733. The molecule has 0 aromatic rings. The van der Waals surface area contributed by atoms with Crippen LogP contribution in [-0.2, 0) is 11.2 Å². The van der Waals surface area contributed by atoms with Crippen LogP contribution >= 0.6 is 0 Å². The van der Waals surface area contributed by atoms with E-state index in [1.807, 2.05) is 0 Å². The molecule has 2 heteroatoms. The Morgan fingerprint density at radius 1 is 1.71 bits per heavy atom. The second-order valence-electron chi connectivity index (χ2n) is 1.97. The van der Waals surface area contributed by atoms with Crippen molar-refractivity contribution < 1.29 is 4.55 Å². The van der Waals surface area contributed by atoms with Crippen LogP contribution in [-0.4, -0.2) is 16.6 Å². The Morgan fingerprint density at radius 3 is 2.43 bits per heavy atom. The molecule has 41 valence electrons. The molecule has 1 radical (unpaired) electrons. The Morgan fingerprint density at radius 2 is 2.29 bits per heavy atom. The molecule has 0 bridgehead atoms. The van der Waals surface area contributed by atoms with Gasteiger partial charge in [-0.3, -0.25) is 0 Å². The summed E-state index contributed by atoms with van der Waals surface area (Å²) in [6.07, 6.45) is 4.23. The SMILES string of the molecule is C[S+]([O-])C[C]1CC1. The van der Waals surface area contributed by atoms with E-state index in [0.29, 0.717) is 0 Å². The summed E-state index contributed by atoms with van der Waals surface area (Å²) in [5.74, 6) is 2.35. The molecule has 0 aromatic heterocycles. The van der Waals surface area contributed by atoms with Crippen LogP contribution in [0.25, 0.3) is 0 Å². The summed E-state index contributed by atoms with van der Waals surface area (Å²) in [5, 5.41) is 0. The molecule has 0 aliphatic heterocycles. The maximum Gasteiger partial charge on any atom is 0.111 e. The van der Waals surface area contributed by atoms with Gasteiger partial charge in [0.05, 0.1) is 6.26 Å². The Balaban J connectivity index is 1.97. The minimum absolute atomic E-state index is 0.570. The maximum absolute atomic E-state index is 10.4. The van der Waals surface area contributed by atoms with Crippen LogP contribution < -0.4 is 0 Å². The zero-order valence-electron chi connectivity index (χ0n) is 4.44. The minimum atomic E-state index is -0.570. The monoisotopic (exact) mass is 117 g/mol. The van der Waals surface area contributed by atoms with Crippen molar-refractivity contribution in [2.75, 3.05) is 12.0 Å². The lowest BCUT2D eigenvalue weighted by atomic mass is 10.5. The Labute approximate surface area is 47.3 Å². The Bertz CT molecular complexity index is 59.1. The molecule has 7 heavy (non-hydrogen) atoms. The van der Waals surface area contributed by atoms with Crippen LogP contribution in [0.4, 0.5) is 0 Å². The molecule has 1 nitrogen and oxygen atoms in total. The first-order valence-corrected chi connectivity index (χ1v) is 4.15. The minimum Gasteiger partial charge on any atom is -0.617 e. The predicted molar refractivity (Wildman–Crippen MR) is 31.4 cm³/mol. The van der Waals surface area contributed by atoms with Gasteiger partial charge in [-0.15, -0.1) is 0 Å². The van der Waals surface area contributed by atoms with Crippen molar-refractivity contribution in [2.45, 2.75) is 12.8 Å². The smallest absolute Gasteiger partial charge is 0.111 e. The summed E-state index contributed by atoms with van der Waals surface area (Å²) in [5.41, 5.74) is 0. The van der Waals surface area contributed by atoms with Gasteiger partial charge in [0.1, 0.15) is 5.75 Å². The van der Waals surface area contributed by atoms with Gasteiger partial charge in [-0.25, -0.2) is 0 Å². The van der Waals surface area contributed by atoms with Gasteiger partial charge in [-0.2, -0.15) is 0 Å². The molecule has 1 fully saturated rings. The fourth-order valence-corrected chi connectivity index (χ4v) is 1.38. The molecule has 1 aliphatic carbocycles. The molecule has 0 aromatic carbocycles.